The van der Waals surface area contributed by atoms with Crippen LogP contribution in [-0.2, 0) is 24.6 Å². The molecule has 0 aliphatic carbocycles. The van der Waals surface area contributed by atoms with E-state index in [9.17, 15) is 4.79 Å². The van der Waals surface area contributed by atoms with Gasteiger partial charge in [0.15, 0.2) is 0 Å². The number of hydrogen-bond acceptors (Lipinski definition) is 1. The molecule has 0 aliphatic heterocycles. The fourth-order valence-electron chi connectivity index (χ4n) is 0. The van der Waals surface area contributed by atoms with Gasteiger partial charge in [-0.05, 0) is 0 Å². The number of rotatable bonds is 1. The number of carbonyl (C=O) groups is 1. The van der Waals surface area contributed by atoms with Gasteiger partial charge in [0.25, 0.3) is 0 Å². The van der Waals surface area contributed by atoms with Gasteiger partial charge in [-0.1, -0.05) is 0 Å². The molecule has 0 radical (unpaired) electrons. The minimum absolute atomic E-state index is 0.258. The van der Waals surface area contributed by atoms with Crippen molar-refractivity contribution in [2.75, 3.05) is 0 Å². The number of nitrogens with two attached hydrogens (primary N) is 1. The molecule has 0 aromatic rings. The number of carbonyl (C=O) groups excluding carboxylic acids is 1. The molecule has 33 valence electrons. The van der Waals surface area contributed by atoms with Crippen LogP contribution in [0.2, 0.25) is 4.81 Å². The third-order valence-corrected chi connectivity index (χ3v) is 0.902. The van der Waals surface area contributed by atoms with Crippen LogP contribution < -0.4 is 5.73 Å². The van der Waals surface area contributed by atoms with Crippen LogP contribution in [0.25, 0.3) is 0 Å². The summed E-state index contributed by atoms with van der Waals surface area (Å²) in [5, 5.41) is 0. The number of primary amides is 1. The van der Waals surface area contributed by atoms with Crippen LogP contribution in [0, 0.1) is 0 Å². The summed E-state index contributed by atoms with van der Waals surface area (Å²) >= 11 is 1.89. The Morgan fingerprint density at radius 3 is 2.20 bits per heavy atom. The summed E-state index contributed by atoms with van der Waals surface area (Å²) in [5.74, 6) is -0.258. The second-order valence-corrected chi connectivity index (χ2v) is 1.38. The van der Waals surface area contributed by atoms with E-state index in [2.05, 4.69) is 5.73 Å². The third kappa shape index (κ3) is 4.16. The van der Waals surface area contributed by atoms with Crippen LogP contribution in [0.4, 0.5) is 0 Å². The number of hydrogen-bond donors (Lipinski definition) is 1. The van der Waals surface area contributed by atoms with E-state index in [0.29, 0.717) is 4.81 Å². The second-order valence-electron chi connectivity index (χ2n) is 0.578. The van der Waals surface area contributed by atoms with E-state index in [0.717, 1.165) is 0 Å². The average Bonchev–Trinajstić information content (AvgIpc) is 1.38. The van der Waals surface area contributed by atoms with E-state index in [1.54, 1.807) is 0 Å². The zero-order valence-electron chi connectivity index (χ0n) is 2.51. The Balaban J connectivity index is 2.85. The molecule has 0 aliphatic rings. The molecular weight excluding hydrogens is 249 g/mol. The summed E-state index contributed by atoms with van der Waals surface area (Å²) in [4.78, 5) is 10.00. The van der Waals surface area contributed by atoms with E-state index in [-0.39, 0.29) is 5.91 Å². The predicted octanol–water partition coefficient (Wildman–Crippen LogP) is -0.563. The van der Waals surface area contributed by atoms with Gasteiger partial charge in [0.1, 0.15) is 0 Å². The summed E-state index contributed by atoms with van der Waals surface area (Å²) in [7, 11) is 0. The van der Waals surface area contributed by atoms with E-state index < -0.39 is 0 Å². The van der Waals surface area contributed by atoms with Crippen LogP contribution in [0.5, 0.6) is 0 Å². The first-order valence-electron chi connectivity index (χ1n) is 1.07. The molecule has 0 heterocycles. The summed E-state index contributed by atoms with van der Waals surface area (Å²) in [6.45, 7) is 0. The van der Waals surface area contributed by atoms with Gasteiger partial charge in [-0.2, -0.15) is 0 Å². The Morgan fingerprint density at radius 2 is 2.20 bits per heavy atom. The maximum atomic E-state index is 9.58. The quantitative estimate of drug-likeness (QED) is 0.668. The van der Waals surface area contributed by atoms with Gasteiger partial charge < -0.3 is 0 Å². The summed E-state index contributed by atoms with van der Waals surface area (Å²) in [6.07, 6.45) is 0. The Morgan fingerprint density at radius 1 is 2.00 bits per heavy atom. The van der Waals surface area contributed by atoms with E-state index >= 15 is 0 Å². The maximum absolute atomic E-state index is 9.58. The molecule has 0 spiro atoms. The van der Waals surface area contributed by atoms with Gasteiger partial charge in [-0.3, -0.25) is 0 Å². The van der Waals surface area contributed by atoms with Gasteiger partial charge in [0.2, 0.25) is 0 Å². The Kier molecular flexibility index (Phi) is 2.47. The zero-order valence-corrected chi connectivity index (χ0v) is 4.78. The van der Waals surface area contributed by atoms with Crippen molar-refractivity contribution in [2.45, 2.75) is 4.81 Å². The van der Waals surface area contributed by atoms with Crippen molar-refractivity contribution in [3.63, 3.8) is 0 Å². The first-order chi connectivity index (χ1) is 2.27. The predicted molar refractivity (Wildman–Crippen MR) is 14.0 cm³/mol. The molecule has 0 aromatic carbocycles. The number of amides is 1. The normalized spacial score (nSPS) is 7.60. The average molecular weight is 253 g/mol. The molecule has 0 rings (SSSR count). The zero-order chi connectivity index (χ0) is 4.28. The monoisotopic (exact) mass is 253 g/mol. The molecule has 0 unspecified atom stereocenters. The van der Waals surface area contributed by atoms with Gasteiger partial charge in [-0.15, -0.1) is 0 Å². The Hall–Kier alpha value is 0.158. The van der Waals surface area contributed by atoms with Crippen molar-refractivity contribution in [3.05, 3.63) is 0 Å². The molecule has 3 heteroatoms. The van der Waals surface area contributed by atoms with Crippen molar-refractivity contribution in [1.82, 2.24) is 0 Å². The van der Waals surface area contributed by atoms with Gasteiger partial charge >= 0.3 is 41.1 Å². The Labute approximate surface area is 41.6 Å². The van der Waals surface area contributed by atoms with E-state index in [1.165, 1.54) is 0 Å². The topological polar surface area (TPSA) is 43.1 Å². The van der Waals surface area contributed by atoms with Crippen molar-refractivity contribution >= 4 is 5.91 Å². The van der Waals surface area contributed by atoms with Crippen molar-refractivity contribution in [3.8, 4) is 0 Å². The molecule has 0 saturated heterocycles. The Bertz CT molecular complexity index is 44.9. The molecule has 0 atom stereocenters. The minimum atomic E-state index is -0.258. The molecule has 0 fully saturated rings. The summed E-state index contributed by atoms with van der Waals surface area (Å²) in [5.41, 5.74) is 4.65. The second kappa shape index (κ2) is 2.40. The van der Waals surface area contributed by atoms with Gasteiger partial charge in [0, 0.05) is 0 Å². The first-order valence-corrected chi connectivity index (χ1v) is 2.68. The fraction of sp³-hybridized carbons (Fsp3) is 0.500. The van der Waals surface area contributed by atoms with E-state index in [1.807, 2.05) is 19.8 Å². The molecule has 0 saturated carbocycles. The molecule has 5 heavy (non-hydrogen) atoms. The molecule has 1 amide bonds. The summed E-state index contributed by atoms with van der Waals surface area (Å²) in [6, 6.07) is 0. The SMILES string of the molecule is NC(=O)[CH2][Pt]. The van der Waals surface area contributed by atoms with Gasteiger partial charge in [0.05, 0.1) is 0 Å². The third-order valence-electron chi connectivity index (χ3n) is 0.110. The van der Waals surface area contributed by atoms with Crippen LogP contribution in [0.15, 0.2) is 0 Å². The molecule has 2 nitrogen and oxygen atoms in total. The van der Waals surface area contributed by atoms with Crippen molar-refractivity contribution < 1.29 is 24.6 Å². The summed E-state index contributed by atoms with van der Waals surface area (Å²) < 4.78 is 0. The van der Waals surface area contributed by atoms with E-state index in [4.69, 9.17) is 0 Å². The van der Waals surface area contributed by atoms with Crippen LogP contribution in [0.3, 0.4) is 0 Å². The standard InChI is InChI=1S/C2H4NO.Pt/c1-2(3)4;/h1H2,(H2,3,4);. The molecule has 0 aromatic heterocycles. The van der Waals surface area contributed by atoms with Crippen molar-refractivity contribution in [2.24, 2.45) is 5.73 Å². The van der Waals surface area contributed by atoms with Crippen LogP contribution >= 0.6 is 0 Å². The van der Waals surface area contributed by atoms with Gasteiger partial charge in [-0.25, -0.2) is 0 Å². The first kappa shape index (κ1) is 5.16. The molecular formula is C2H4NOPt. The molecule has 0 bridgehead atoms. The molecule has 2 N–H and O–H groups in total. The fourth-order valence-corrected chi connectivity index (χ4v) is 0. The van der Waals surface area contributed by atoms with Crippen molar-refractivity contribution in [1.29, 1.82) is 0 Å². The van der Waals surface area contributed by atoms with Crippen LogP contribution in [-0.4, -0.2) is 5.91 Å². The van der Waals surface area contributed by atoms with Crippen LogP contribution in [0.1, 0.15) is 0 Å².